The van der Waals surface area contributed by atoms with E-state index in [0.717, 1.165) is 77.0 Å². The summed E-state index contributed by atoms with van der Waals surface area (Å²) in [5.41, 5.74) is 0. The van der Waals surface area contributed by atoms with Crippen LogP contribution in [0.3, 0.4) is 0 Å². The average Bonchev–Trinajstić information content (AvgIpc) is 3.13. The smallest absolute Gasteiger partial charge is 0.305 e. The van der Waals surface area contributed by atoms with Gasteiger partial charge in [-0.25, -0.2) is 0 Å². The second kappa shape index (κ2) is 40.3. The summed E-state index contributed by atoms with van der Waals surface area (Å²) in [6, 6.07) is 0. The SMILES string of the molecule is CCCCCCCCCCC#CC#CCCCCCCC(=O)OCC[N+](C)(C)CCOC(=O)CCCCCCC#CC#CCCCCCCCCCC. The normalized spacial score (nSPS) is 10.5. The second-order valence-electron chi connectivity index (χ2n) is 15.3. The van der Waals surface area contributed by atoms with E-state index in [2.05, 4.69) is 75.3 Å². The molecule has 0 aromatic heterocycles. The lowest BCUT2D eigenvalue weighted by Gasteiger charge is -2.29. The molecule has 0 aliphatic heterocycles. The van der Waals surface area contributed by atoms with Gasteiger partial charge < -0.3 is 14.0 Å². The maximum absolute atomic E-state index is 12.2. The Balaban J connectivity index is 3.64. The van der Waals surface area contributed by atoms with Gasteiger partial charge >= 0.3 is 11.9 Å². The van der Waals surface area contributed by atoms with Gasteiger partial charge in [0.1, 0.15) is 26.3 Å². The zero-order valence-corrected chi connectivity index (χ0v) is 35.1. The summed E-state index contributed by atoms with van der Waals surface area (Å²) in [5.74, 6) is 24.4. The maximum atomic E-state index is 12.2. The minimum absolute atomic E-state index is 0.131. The molecule has 0 spiro atoms. The Morgan fingerprint density at radius 2 is 0.660 bits per heavy atom. The summed E-state index contributed by atoms with van der Waals surface area (Å²) in [7, 11) is 4.14. The van der Waals surface area contributed by atoms with Crippen molar-refractivity contribution in [2.45, 2.75) is 206 Å². The van der Waals surface area contributed by atoms with Gasteiger partial charge in [0.2, 0.25) is 0 Å². The number of carbonyl (C=O) groups is 2. The number of nitrogens with zero attached hydrogens (tertiary/aromatic N) is 1. The van der Waals surface area contributed by atoms with E-state index in [1.807, 2.05) is 0 Å². The number of likely N-dealkylation sites (N-methyl/N-ethyl adjacent to an activating group) is 1. The first kappa shape index (κ1) is 50.1. The van der Waals surface area contributed by atoms with Crippen LogP contribution in [-0.2, 0) is 19.1 Å². The van der Waals surface area contributed by atoms with Crippen LogP contribution in [0.1, 0.15) is 206 Å². The zero-order chi connectivity index (χ0) is 38.8. The quantitative estimate of drug-likeness (QED) is 0.0286. The summed E-state index contributed by atoms with van der Waals surface area (Å²) < 4.78 is 11.6. The van der Waals surface area contributed by atoms with E-state index in [1.54, 1.807) is 0 Å². The maximum Gasteiger partial charge on any atom is 0.305 e. The third kappa shape index (κ3) is 41.8. The van der Waals surface area contributed by atoms with Gasteiger partial charge in [-0.15, -0.1) is 0 Å². The van der Waals surface area contributed by atoms with Crippen LogP contribution < -0.4 is 0 Å². The molecule has 0 unspecified atom stereocenters. The molecule has 0 radical (unpaired) electrons. The van der Waals surface area contributed by atoms with Crippen molar-refractivity contribution in [3.05, 3.63) is 0 Å². The molecular weight excluding hydrogens is 655 g/mol. The lowest BCUT2D eigenvalue weighted by molar-refractivity contribution is -0.890. The first-order valence-corrected chi connectivity index (χ1v) is 22.0. The van der Waals surface area contributed by atoms with Crippen LogP contribution in [0.4, 0.5) is 0 Å². The Kier molecular flexibility index (Phi) is 38.2. The first-order chi connectivity index (χ1) is 25.9. The van der Waals surface area contributed by atoms with Crippen LogP contribution in [-0.4, -0.2) is 56.8 Å². The van der Waals surface area contributed by atoms with Gasteiger partial charge in [-0.3, -0.25) is 9.59 Å². The number of esters is 2. The predicted molar refractivity (Wildman–Crippen MR) is 225 cm³/mol. The summed E-state index contributed by atoms with van der Waals surface area (Å²) in [5, 5.41) is 0. The molecule has 300 valence electrons. The fraction of sp³-hybridized carbons (Fsp3) is 0.792. The van der Waals surface area contributed by atoms with Gasteiger partial charge in [0.25, 0.3) is 0 Å². The molecule has 5 heteroatoms. The summed E-state index contributed by atoms with van der Waals surface area (Å²) in [4.78, 5) is 24.3. The Labute approximate surface area is 328 Å². The van der Waals surface area contributed by atoms with Crippen LogP contribution in [0.2, 0.25) is 0 Å². The van der Waals surface area contributed by atoms with Crippen LogP contribution in [0.5, 0.6) is 0 Å². The Morgan fingerprint density at radius 3 is 0.962 bits per heavy atom. The molecule has 0 atom stereocenters. The molecule has 0 saturated carbocycles. The van der Waals surface area contributed by atoms with Crippen molar-refractivity contribution in [3.8, 4) is 47.4 Å². The third-order valence-corrected chi connectivity index (χ3v) is 9.57. The Morgan fingerprint density at radius 1 is 0.396 bits per heavy atom. The molecule has 0 rings (SSSR count). The molecule has 0 heterocycles. The summed E-state index contributed by atoms with van der Waals surface area (Å²) in [6.45, 7) is 6.67. The summed E-state index contributed by atoms with van der Waals surface area (Å²) >= 11 is 0. The van der Waals surface area contributed by atoms with E-state index in [0.29, 0.717) is 43.6 Å². The molecule has 0 saturated heterocycles. The van der Waals surface area contributed by atoms with Gasteiger partial charge in [0, 0.05) is 38.5 Å². The van der Waals surface area contributed by atoms with Crippen molar-refractivity contribution < 1.29 is 23.5 Å². The molecule has 0 aromatic carbocycles. The van der Waals surface area contributed by atoms with Gasteiger partial charge in [0.15, 0.2) is 0 Å². The molecule has 0 fully saturated rings. The molecule has 53 heavy (non-hydrogen) atoms. The van der Waals surface area contributed by atoms with Crippen molar-refractivity contribution in [1.29, 1.82) is 0 Å². The van der Waals surface area contributed by atoms with Crippen LogP contribution in [0.25, 0.3) is 0 Å². The second-order valence-corrected chi connectivity index (χ2v) is 15.3. The molecule has 0 N–H and O–H groups in total. The van der Waals surface area contributed by atoms with E-state index in [1.165, 1.54) is 103 Å². The molecule has 0 aliphatic rings. The fourth-order valence-electron chi connectivity index (χ4n) is 5.86. The molecular formula is C48H80NO4+. The Bertz CT molecular complexity index is 1040. The van der Waals surface area contributed by atoms with E-state index in [9.17, 15) is 9.59 Å². The highest BCUT2D eigenvalue weighted by Crippen LogP contribution is 2.11. The predicted octanol–water partition coefficient (Wildman–Crippen LogP) is 11.9. The molecule has 0 aromatic rings. The lowest BCUT2D eigenvalue weighted by atomic mass is 10.1. The van der Waals surface area contributed by atoms with Crippen molar-refractivity contribution in [1.82, 2.24) is 0 Å². The topological polar surface area (TPSA) is 52.6 Å². The highest BCUT2D eigenvalue weighted by molar-refractivity contribution is 5.69. The number of unbranched alkanes of at least 4 members (excludes halogenated alkanes) is 24. The lowest BCUT2D eigenvalue weighted by Crippen LogP contribution is -2.45. The van der Waals surface area contributed by atoms with Crippen LogP contribution in [0, 0.1) is 47.4 Å². The third-order valence-electron chi connectivity index (χ3n) is 9.57. The number of hydrogen-bond donors (Lipinski definition) is 0. The standard InChI is InChI=1S/C48H80NO4/c1-5-7-9-11-13-15-17-19-21-23-25-27-29-31-33-35-37-39-41-47(50)52-45-43-49(3,4)44-46-53-48(51)42-40-38-36-34-32-30-28-26-24-22-20-18-16-14-12-10-8-6-2/h5-22,31-46H2,1-4H3/q+1. The highest BCUT2D eigenvalue weighted by atomic mass is 16.5. The van der Waals surface area contributed by atoms with E-state index < -0.39 is 0 Å². The number of hydrogen-bond acceptors (Lipinski definition) is 4. The van der Waals surface area contributed by atoms with E-state index in [-0.39, 0.29) is 11.9 Å². The summed E-state index contributed by atoms with van der Waals surface area (Å²) in [6.07, 6.45) is 33.8. The van der Waals surface area contributed by atoms with Gasteiger partial charge in [0.05, 0.1) is 14.1 Å². The van der Waals surface area contributed by atoms with E-state index >= 15 is 0 Å². The largest absolute Gasteiger partial charge is 0.460 e. The van der Waals surface area contributed by atoms with Crippen molar-refractivity contribution in [2.24, 2.45) is 0 Å². The molecule has 0 aliphatic carbocycles. The van der Waals surface area contributed by atoms with Crippen molar-refractivity contribution in [3.63, 3.8) is 0 Å². The number of quaternary nitrogens is 1. The number of carbonyl (C=O) groups excluding carboxylic acids is 2. The van der Waals surface area contributed by atoms with Gasteiger partial charge in [-0.2, -0.15) is 0 Å². The van der Waals surface area contributed by atoms with Gasteiger partial charge in [-0.05, 0) is 62.2 Å². The van der Waals surface area contributed by atoms with Crippen LogP contribution in [0.15, 0.2) is 0 Å². The number of rotatable bonds is 34. The number of ether oxygens (including phenoxy) is 2. The highest BCUT2D eigenvalue weighted by Gasteiger charge is 2.17. The minimum atomic E-state index is -0.131. The minimum Gasteiger partial charge on any atom is -0.460 e. The first-order valence-electron chi connectivity index (χ1n) is 22.0. The fourth-order valence-corrected chi connectivity index (χ4v) is 5.86. The molecule has 5 nitrogen and oxygen atoms in total. The zero-order valence-electron chi connectivity index (χ0n) is 35.1. The van der Waals surface area contributed by atoms with E-state index in [4.69, 9.17) is 9.47 Å². The molecule has 0 amide bonds. The van der Waals surface area contributed by atoms with Crippen LogP contribution >= 0.6 is 0 Å². The van der Waals surface area contributed by atoms with Gasteiger partial charge in [-0.1, -0.05) is 153 Å². The van der Waals surface area contributed by atoms with Crippen molar-refractivity contribution >= 4 is 11.9 Å². The Hall–Kier alpha value is -2.86. The molecule has 0 bridgehead atoms. The van der Waals surface area contributed by atoms with Crippen molar-refractivity contribution in [2.75, 3.05) is 40.4 Å². The monoisotopic (exact) mass is 735 g/mol. The average molecular weight is 735 g/mol.